The van der Waals surface area contributed by atoms with Gasteiger partial charge in [-0.1, -0.05) is 6.42 Å². The fraction of sp³-hybridized carbons (Fsp3) is 0.714. The summed E-state index contributed by atoms with van der Waals surface area (Å²) in [7, 11) is 0. The fourth-order valence-corrected chi connectivity index (χ4v) is 3.13. The van der Waals surface area contributed by atoms with Gasteiger partial charge in [0.25, 0.3) is 0 Å². The topological polar surface area (TPSA) is 25.2 Å². The minimum Gasteiger partial charge on any atom is -0.388 e. The summed E-state index contributed by atoms with van der Waals surface area (Å²) in [6.07, 6.45) is 7.25. The van der Waals surface area contributed by atoms with Crippen LogP contribution in [0.1, 0.15) is 55.2 Å². The van der Waals surface area contributed by atoms with Gasteiger partial charge >= 0.3 is 0 Å². The van der Waals surface area contributed by atoms with Crippen molar-refractivity contribution in [3.05, 3.63) is 23.0 Å². The van der Waals surface area contributed by atoms with Crippen LogP contribution in [0, 0.1) is 12.8 Å². The molecule has 3 rings (SSSR count). The van der Waals surface area contributed by atoms with Crippen molar-refractivity contribution in [3.63, 3.8) is 0 Å². The zero-order valence-corrected chi connectivity index (χ0v) is 10.1. The first-order valence-corrected chi connectivity index (χ1v) is 6.62. The Morgan fingerprint density at radius 3 is 2.81 bits per heavy atom. The van der Waals surface area contributed by atoms with Crippen molar-refractivity contribution in [2.75, 3.05) is 0 Å². The summed E-state index contributed by atoms with van der Waals surface area (Å²) in [4.78, 5) is 0. The van der Waals surface area contributed by atoms with Gasteiger partial charge in [-0.15, -0.1) is 0 Å². The van der Waals surface area contributed by atoms with Crippen molar-refractivity contribution in [1.82, 2.24) is 4.57 Å². The predicted molar refractivity (Wildman–Crippen MR) is 64.4 cm³/mol. The Kier molecular flexibility index (Phi) is 2.55. The second-order valence-corrected chi connectivity index (χ2v) is 5.50. The molecule has 1 atom stereocenters. The zero-order valence-electron chi connectivity index (χ0n) is 10.1. The molecule has 2 nitrogen and oxygen atoms in total. The summed E-state index contributed by atoms with van der Waals surface area (Å²) in [5, 5.41) is 9.99. The van der Waals surface area contributed by atoms with E-state index in [4.69, 9.17) is 0 Å². The molecule has 0 aliphatic heterocycles. The van der Waals surface area contributed by atoms with Crippen molar-refractivity contribution in [2.45, 2.75) is 58.1 Å². The van der Waals surface area contributed by atoms with Gasteiger partial charge < -0.3 is 9.67 Å². The molecule has 2 aliphatic rings. The molecule has 0 radical (unpaired) electrons. The third-order valence-electron chi connectivity index (χ3n) is 4.36. The molecule has 0 aromatic carbocycles. The van der Waals surface area contributed by atoms with E-state index in [0.717, 1.165) is 25.2 Å². The highest BCUT2D eigenvalue weighted by Crippen LogP contribution is 2.35. The summed E-state index contributed by atoms with van der Waals surface area (Å²) in [6, 6.07) is 2.21. The highest BCUT2D eigenvalue weighted by atomic mass is 16.3. The molecule has 88 valence electrons. The smallest absolute Gasteiger partial charge is 0.0807 e. The quantitative estimate of drug-likeness (QED) is 0.812. The zero-order chi connectivity index (χ0) is 11.1. The molecule has 1 aromatic rings. The first-order valence-electron chi connectivity index (χ1n) is 6.62. The molecule has 2 heteroatoms. The third-order valence-corrected chi connectivity index (χ3v) is 4.36. The Morgan fingerprint density at radius 1 is 1.31 bits per heavy atom. The van der Waals surface area contributed by atoms with E-state index in [9.17, 15) is 5.11 Å². The molecule has 1 heterocycles. The molecule has 0 saturated heterocycles. The lowest BCUT2D eigenvalue weighted by molar-refractivity contribution is 0.155. The Hall–Kier alpha value is -0.760. The average Bonchev–Trinajstić information content (AvgIpc) is 2.51. The number of fused-ring (bicyclic) bond motifs is 1. The monoisotopic (exact) mass is 219 g/mol. The molecule has 16 heavy (non-hydrogen) atoms. The fourth-order valence-electron chi connectivity index (χ4n) is 3.13. The maximum Gasteiger partial charge on any atom is 0.0807 e. The molecular weight excluding hydrogens is 198 g/mol. The van der Waals surface area contributed by atoms with Gasteiger partial charge in [0.1, 0.15) is 0 Å². The maximum atomic E-state index is 9.99. The van der Waals surface area contributed by atoms with Crippen LogP contribution >= 0.6 is 0 Å². The van der Waals surface area contributed by atoms with Crippen LogP contribution in [0.25, 0.3) is 0 Å². The highest BCUT2D eigenvalue weighted by Gasteiger charge is 2.25. The van der Waals surface area contributed by atoms with Gasteiger partial charge in [-0.05, 0) is 51.0 Å². The van der Waals surface area contributed by atoms with Crippen LogP contribution < -0.4 is 0 Å². The number of hydrogen-bond acceptors (Lipinski definition) is 1. The summed E-state index contributed by atoms with van der Waals surface area (Å²) < 4.78 is 2.47. The Labute approximate surface area is 97.3 Å². The molecule has 0 amide bonds. The second-order valence-electron chi connectivity index (χ2n) is 5.50. The largest absolute Gasteiger partial charge is 0.388 e. The first kappa shape index (κ1) is 10.4. The molecule has 1 N–H and O–H groups in total. The van der Waals surface area contributed by atoms with Crippen LogP contribution in [0.3, 0.4) is 0 Å². The second kappa shape index (κ2) is 3.92. The number of aryl methyl sites for hydroxylation is 1. The Balaban J connectivity index is 1.90. The van der Waals surface area contributed by atoms with Crippen LogP contribution in [0.4, 0.5) is 0 Å². The van der Waals surface area contributed by atoms with Crippen LogP contribution in [0.15, 0.2) is 6.07 Å². The molecule has 1 aromatic heterocycles. The van der Waals surface area contributed by atoms with Crippen LogP contribution in [0.2, 0.25) is 0 Å². The number of rotatable bonds is 2. The standard InChI is InChI=1S/C14H21NO/c1-10-8-12-13(6-3-7-14(12)16)15(10)9-11-4-2-5-11/h8,11,14,16H,2-7,9H2,1H3. The first-order chi connectivity index (χ1) is 7.75. The molecule has 1 unspecified atom stereocenters. The number of aromatic nitrogens is 1. The summed E-state index contributed by atoms with van der Waals surface area (Å²) in [6.45, 7) is 3.37. The Morgan fingerprint density at radius 2 is 2.12 bits per heavy atom. The van der Waals surface area contributed by atoms with Gasteiger partial charge in [0, 0.05) is 23.5 Å². The van der Waals surface area contributed by atoms with E-state index in [0.29, 0.717) is 0 Å². The lowest BCUT2D eigenvalue weighted by atomic mass is 9.85. The Bertz CT molecular complexity index is 390. The van der Waals surface area contributed by atoms with Crippen molar-refractivity contribution in [1.29, 1.82) is 0 Å². The van der Waals surface area contributed by atoms with Crippen LogP contribution in [-0.2, 0) is 13.0 Å². The SMILES string of the molecule is Cc1cc2c(n1CC1CCC1)CCCC2O. The van der Waals surface area contributed by atoms with Crippen molar-refractivity contribution in [2.24, 2.45) is 5.92 Å². The van der Waals surface area contributed by atoms with Crippen molar-refractivity contribution < 1.29 is 5.11 Å². The number of hydrogen-bond donors (Lipinski definition) is 1. The summed E-state index contributed by atoms with van der Waals surface area (Å²) in [5.41, 5.74) is 3.98. The third kappa shape index (κ3) is 1.60. The van der Waals surface area contributed by atoms with Crippen molar-refractivity contribution in [3.8, 4) is 0 Å². The van der Waals surface area contributed by atoms with E-state index in [1.54, 1.807) is 0 Å². The lowest BCUT2D eigenvalue weighted by Gasteiger charge is -2.28. The van der Waals surface area contributed by atoms with Crippen LogP contribution in [0.5, 0.6) is 0 Å². The van der Waals surface area contributed by atoms with E-state index < -0.39 is 0 Å². The molecule has 2 aliphatic carbocycles. The lowest BCUT2D eigenvalue weighted by Crippen LogP contribution is -2.21. The van der Waals surface area contributed by atoms with Gasteiger partial charge in [-0.3, -0.25) is 0 Å². The molecule has 1 saturated carbocycles. The number of aliphatic hydroxyl groups is 1. The van der Waals surface area contributed by atoms with Gasteiger partial charge in [0.15, 0.2) is 0 Å². The van der Waals surface area contributed by atoms with E-state index in [1.165, 1.54) is 42.8 Å². The van der Waals surface area contributed by atoms with Gasteiger partial charge in [-0.2, -0.15) is 0 Å². The molecule has 0 bridgehead atoms. The summed E-state index contributed by atoms with van der Waals surface area (Å²) >= 11 is 0. The van der Waals surface area contributed by atoms with E-state index in [2.05, 4.69) is 17.6 Å². The van der Waals surface area contributed by atoms with E-state index in [1.807, 2.05) is 0 Å². The van der Waals surface area contributed by atoms with Gasteiger partial charge in [0.05, 0.1) is 6.10 Å². The minimum absolute atomic E-state index is 0.204. The molecule has 0 spiro atoms. The van der Waals surface area contributed by atoms with Crippen LogP contribution in [-0.4, -0.2) is 9.67 Å². The predicted octanol–water partition coefficient (Wildman–Crippen LogP) is 2.97. The average molecular weight is 219 g/mol. The van der Waals surface area contributed by atoms with E-state index >= 15 is 0 Å². The maximum absolute atomic E-state index is 9.99. The summed E-state index contributed by atoms with van der Waals surface area (Å²) in [5.74, 6) is 0.897. The van der Waals surface area contributed by atoms with E-state index in [-0.39, 0.29) is 6.10 Å². The normalized spacial score (nSPS) is 25.2. The minimum atomic E-state index is -0.204. The number of nitrogens with zero attached hydrogens (tertiary/aromatic N) is 1. The molecular formula is C14H21NO. The molecule has 1 fully saturated rings. The van der Waals surface area contributed by atoms with Gasteiger partial charge in [0.2, 0.25) is 0 Å². The highest BCUT2D eigenvalue weighted by molar-refractivity contribution is 5.31. The van der Waals surface area contributed by atoms with Crippen molar-refractivity contribution >= 4 is 0 Å². The van der Waals surface area contributed by atoms with Gasteiger partial charge in [-0.25, -0.2) is 0 Å². The number of aliphatic hydroxyl groups excluding tert-OH is 1.